The maximum atomic E-state index is 12.3. The first kappa shape index (κ1) is 39.9. The number of hydrogen-bond acceptors (Lipinski definition) is 5. The average molecular weight is 782 g/mol. The lowest BCUT2D eigenvalue weighted by molar-refractivity contribution is -0.162. The van der Waals surface area contributed by atoms with Crippen molar-refractivity contribution in [2.75, 3.05) is 0 Å². The number of alkyl halides is 3. The first-order valence-electron chi connectivity index (χ1n) is 21.3. The highest BCUT2D eigenvalue weighted by atomic mass is 35.6. The molecule has 0 aromatic heterocycles. The fraction of sp³-hybridized carbons (Fsp3) is 0.932. The first-order chi connectivity index (χ1) is 24.3. The molecule has 8 aliphatic carbocycles. The number of rotatable bonds is 3. The lowest BCUT2D eigenvalue weighted by Crippen LogP contribution is -2.54. The highest BCUT2D eigenvalue weighted by Gasteiger charge is 2.62. The number of ether oxygens (including phenoxy) is 1. The maximum Gasteiger partial charge on any atom is 0.358 e. The van der Waals surface area contributed by atoms with Crippen LogP contribution in [-0.4, -0.2) is 38.6 Å². The Morgan fingerprint density at radius 2 is 0.981 bits per heavy atom. The number of hydrogen-bond donors (Lipinski definition) is 1. The Kier molecular flexibility index (Phi) is 10.9. The molecule has 0 aliphatic heterocycles. The van der Waals surface area contributed by atoms with Crippen LogP contribution in [-0.2, 0) is 19.1 Å². The van der Waals surface area contributed by atoms with Crippen LogP contribution in [0.5, 0.6) is 0 Å². The quantitative estimate of drug-likeness (QED) is 0.228. The van der Waals surface area contributed by atoms with Crippen molar-refractivity contribution in [3.05, 3.63) is 0 Å². The molecule has 0 saturated heterocycles. The molecule has 294 valence electrons. The Morgan fingerprint density at radius 3 is 1.44 bits per heavy atom. The van der Waals surface area contributed by atoms with Crippen LogP contribution in [0, 0.1) is 80.8 Å². The number of carbonyl (C=O) groups excluding carboxylic acids is 3. The van der Waals surface area contributed by atoms with Gasteiger partial charge < -0.3 is 9.84 Å². The molecular weight excluding hydrogens is 715 g/mol. The van der Waals surface area contributed by atoms with Gasteiger partial charge in [0.15, 0.2) is 0 Å². The summed E-state index contributed by atoms with van der Waals surface area (Å²) < 4.78 is 3.54. The lowest BCUT2D eigenvalue weighted by atomic mass is 9.44. The van der Waals surface area contributed by atoms with Crippen molar-refractivity contribution in [1.82, 2.24) is 0 Å². The molecular formula is C44H67Cl3O5. The zero-order valence-corrected chi connectivity index (χ0v) is 35.1. The van der Waals surface area contributed by atoms with Crippen molar-refractivity contribution in [3.8, 4) is 0 Å². The molecule has 1 N–H and O–H groups in total. The van der Waals surface area contributed by atoms with Gasteiger partial charge in [-0.2, -0.15) is 0 Å². The number of esters is 1. The Balaban J connectivity index is 0.000000166. The van der Waals surface area contributed by atoms with Crippen molar-refractivity contribution in [3.63, 3.8) is 0 Å². The third-order valence-electron chi connectivity index (χ3n) is 18.7. The van der Waals surface area contributed by atoms with Crippen molar-refractivity contribution >= 4 is 52.3 Å². The molecule has 0 aromatic carbocycles. The fourth-order valence-corrected chi connectivity index (χ4v) is 16.2. The van der Waals surface area contributed by atoms with E-state index in [9.17, 15) is 19.5 Å². The summed E-state index contributed by atoms with van der Waals surface area (Å²) in [5.41, 5.74) is 1.23. The third-order valence-corrected chi connectivity index (χ3v) is 19.2. The number of Topliss-reactive ketones (excluding diaryl/α,β-unsaturated/α-hetero) is 2. The SMILES string of the molecule is CC(=O)[C@H]1CCC2C3CC[C@H]4C[C@@H](O)CC[C@]4(C)C3CC[C@@]21C.CC(=O)[C@H]1CCC2C3CC[C@H]4C[C@H](OC(=O)C(Cl)(Cl)Cl)CC[C@]4(C)C3CC[C@@]21C. The molecule has 5 nitrogen and oxygen atoms in total. The average Bonchev–Trinajstić information content (AvgIpc) is 3.62. The van der Waals surface area contributed by atoms with Gasteiger partial charge in [0, 0.05) is 11.8 Å². The topological polar surface area (TPSA) is 80.7 Å². The van der Waals surface area contributed by atoms with Gasteiger partial charge in [0.1, 0.15) is 17.7 Å². The van der Waals surface area contributed by atoms with Crippen LogP contribution in [0.15, 0.2) is 0 Å². The smallest absolute Gasteiger partial charge is 0.358 e. The molecule has 0 heterocycles. The fourth-order valence-electron chi connectivity index (χ4n) is 16.1. The molecule has 0 spiro atoms. The second-order valence-electron chi connectivity index (χ2n) is 20.6. The minimum Gasteiger partial charge on any atom is -0.459 e. The van der Waals surface area contributed by atoms with Gasteiger partial charge in [-0.3, -0.25) is 9.59 Å². The van der Waals surface area contributed by atoms with E-state index in [1.807, 2.05) is 6.92 Å². The number of aliphatic hydroxyl groups is 1. The van der Waals surface area contributed by atoms with E-state index in [4.69, 9.17) is 39.5 Å². The summed E-state index contributed by atoms with van der Waals surface area (Å²) in [4.78, 5) is 36.4. The zero-order chi connectivity index (χ0) is 37.6. The van der Waals surface area contributed by atoms with E-state index < -0.39 is 9.76 Å². The molecule has 8 aliphatic rings. The Labute approximate surface area is 329 Å². The third kappa shape index (κ3) is 6.58. The molecule has 0 radical (unpaired) electrons. The van der Waals surface area contributed by atoms with Crippen molar-refractivity contribution in [2.45, 2.75) is 173 Å². The lowest BCUT2D eigenvalue weighted by Gasteiger charge is -2.61. The first-order valence-corrected chi connectivity index (χ1v) is 22.4. The van der Waals surface area contributed by atoms with Gasteiger partial charge in [-0.15, -0.1) is 0 Å². The number of aliphatic hydroxyl groups excluding tert-OH is 1. The van der Waals surface area contributed by atoms with Crippen LogP contribution in [0.1, 0.15) is 157 Å². The molecule has 0 bridgehead atoms. The highest BCUT2D eigenvalue weighted by molar-refractivity contribution is 6.75. The molecule has 0 aromatic rings. The minimum absolute atomic E-state index is 0.0490. The maximum absolute atomic E-state index is 12.3. The van der Waals surface area contributed by atoms with E-state index in [0.717, 1.165) is 80.5 Å². The summed E-state index contributed by atoms with van der Waals surface area (Å²) in [5, 5.41) is 10.1. The van der Waals surface area contributed by atoms with Gasteiger partial charge in [0.2, 0.25) is 0 Å². The molecule has 8 fully saturated rings. The predicted molar refractivity (Wildman–Crippen MR) is 208 cm³/mol. The van der Waals surface area contributed by atoms with Gasteiger partial charge in [-0.05, 0) is 198 Å². The molecule has 8 rings (SSSR count). The van der Waals surface area contributed by atoms with Crippen LogP contribution in [0.3, 0.4) is 0 Å². The van der Waals surface area contributed by atoms with Crippen LogP contribution < -0.4 is 0 Å². The van der Waals surface area contributed by atoms with E-state index in [1.54, 1.807) is 6.92 Å². The van der Waals surface area contributed by atoms with Crippen molar-refractivity contribution in [1.29, 1.82) is 0 Å². The number of carbonyl (C=O) groups is 3. The van der Waals surface area contributed by atoms with Crippen LogP contribution in [0.2, 0.25) is 0 Å². The molecule has 52 heavy (non-hydrogen) atoms. The molecule has 8 heteroatoms. The van der Waals surface area contributed by atoms with Gasteiger partial charge in [0.05, 0.1) is 6.10 Å². The van der Waals surface area contributed by atoms with E-state index in [0.29, 0.717) is 40.2 Å². The number of halogens is 3. The van der Waals surface area contributed by atoms with Gasteiger partial charge in [0.25, 0.3) is 3.79 Å². The molecule has 0 amide bonds. The monoisotopic (exact) mass is 780 g/mol. The second kappa shape index (κ2) is 14.2. The summed E-state index contributed by atoms with van der Waals surface area (Å²) in [7, 11) is 0. The van der Waals surface area contributed by atoms with Gasteiger partial charge in [-0.25, -0.2) is 4.79 Å². The standard InChI is InChI=1S/C23H33Cl3O3.C21H34O2/c1-13(27)17-6-7-18-16-5-4-14-12-15(29-20(28)23(24,25)26)8-10-21(14,2)19(16)9-11-22(17,18)3;1-13(22)17-6-7-18-16-5-4-14-12-15(23)8-10-20(14,2)19(16)9-11-21(17,18)3/h14-19H,4-12H2,1-3H3;14-19,23H,4-12H2,1-3H3/t14-,15+,16?,17+,18?,19?,21-,22+;14-,15-,16?,17+,18?,19?,20-,21+/m00/s1. The molecule has 6 unspecified atom stereocenters. The van der Waals surface area contributed by atoms with Crippen molar-refractivity contribution < 1.29 is 24.2 Å². The summed E-state index contributed by atoms with van der Waals surface area (Å²) in [5.74, 6) is 6.57. The summed E-state index contributed by atoms with van der Waals surface area (Å²) in [6.07, 6.45) is 20.6. The van der Waals surface area contributed by atoms with Gasteiger partial charge in [-0.1, -0.05) is 62.5 Å². The number of fused-ring (bicyclic) bond motifs is 10. The highest BCUT2D eigenvalue weighted by Crippen LogP contribution is 2.69. The Bertz CT molecular complexity index is 1400. The van der Waals surface area contributed by atoms with E-state index in [2.05, 4.69) is 27.7 Å². The zero-order valence-electron chi connectivity index (χ0n) is 32.9. The molecule has 16 atom stereocenters. The molecule has 8 saturated carbocycles. The Hall–Kier alpha value is -0.360. The number of ketones is 2. The minimum atomic E-state index is -2.00. The largest absolute Gasteiger partial charge is 0.459 e. The second-order valence-corrected chi connectivity index (χ2v) is 22.9. The van der Waals surface area contributed by atoms with Crippen LogP contribution in [0.25, 0.3) is 0 Å². The van der Waals surface area contributed by atoms with Crippen molar-refractivity contribution in [2.24, 2.45) is 80.8 Å². The van der Waals surface area contributed by atoms with Crippen LogP contribution >= 0.6 is 34.8 Å². The van der Waals surface area contributed by atoms with Crippen LogP contribution in [0.4, 0.5) is 0 Å². The summed E-state index contributed by atoms with van der Waals surface area (Å²) in [6.45, 7) is 13.5. The van der Waals surface area contributed by atoms with E-state index in [1.165, 1.54) is 70.6 Å². The van der Waals surface area contributed by atoms with Gasteiger partial charge >= 0.3 is 5.97 Å². The normalized spacial score (nSPS) is 50.8. The Morgan fingerprint density at radius 1 is 0.558 bits per heavy atom. The summed E-state index contributed by atoms with van der Waals surface area (Å²) >= 11 is 17.1. The van der Waals surface area contributed by atoms with E-state index >= 15 is 0 Å². The predicted octanol–water partition coefficient (Wildman–Crippen LogP) is 11.1. The van der Waals surface area contributed by atoms with E-state index in [-0.39, 0.29) is 29.0 Å². The summed E-state index contributed by atoms with van der Waals surface area (Å²) in [6, 6.07) is 0.